The lowest BCUT2D eigenvalue weighted by Crippen LogP contribution is -2.12. The average molecular weight is 188 g/mol. The van der Waals surface area contributed by atoms with Crippen LogP contribution in [0, 0.1) is 0 Å². The summed E-state index contributed by atoms with van der Waals surface area (Å²) in [5, 5.41) is 3.37. The molecule has 1 aliphatic heterocycles. The van der Waals surface area contributed by atoms with Gasteiger partial charge in [-0.1, -0.05) is 0 Å². The first-order valence-electron chi connectivity index (χ1n) is 4.90. The lowest BCUT2D eigenvalue weighted by molar-refractivity contribution is 0.1000. The van der Waals surface area contributed by atoms with Crippen LogP contribution in [0.1, 0.15) is 28.8 Å². The van der Waals surface area contributed by atoms with Gasteiger partial charge in [-0.15, -0.1) is 0 Å². The molecule has 1 aromatic rings. The smallest absolute Gasteiger partial charge is 0.248 e. The fourth-order valence-electron chi connectivity index (χ4n) is 2.25. The maximum absolute atomic E-state index is 11.0. The van der Waals surface area contributed by atoms with Crippen LogP contribution in [0.15, 0.2) is 18.2 Å². The van der Waals surface area contributed by atoms with E-state index < -0.39 is 0 Å². The molecule has 14 heavy (non-hydrogen) atoms. The van der Waals surface area contributed by atoms with E-state index in [-0.39, 0.29) is 5.91 Å². The molecule has 0 radical (unpaired) electrons. The maximum atomic E-state index is 11.0. The largest absolute Gasteiger partial charge is 0.384 e. The van der Waals surface area contributed by atoms with Crippen molar-refractivity contribution in [1.82, 2.24) is 0 Å². The Balaban J connectivity index is 2.13. The predicted octanol–water partition coefficient (Wildman–Crippen LogP) is 1.24. The zero-order valence-corrected chi connectivity index (χ0v) is 7.84. The highest BCUT2D eigenvalue weighted by Gasteiger charge is 2.48. The summed E-state index contributed by atoms with van der Waals surface area (Å²) in [7, 11) is 0. The monoisotopic (exact) mass is 188 g/mol. The van der Waals surface area contributed by atoms with Gasteiger partial charge in [-0.2, -0.15) is 0 Å². The fraction of sp³-hybridized carbons (Fsp3) is 0.364. The van der Waals surface area contributed by atoms with Gasteiger partial charge in [-0.25, -0.2) is 0 Å². The van der Waals surface area contributed by atoms with Crippen molar-refractivity contribution in [2.75, 3.05) is 11.9 Å². The van der Waals surface area contributed by atoms with Gasteiger partial charge in [0.1, 0.15) is 0 Å². The predicted molar refractivity (Wildman–Crippen MR) is 54.4 cm³/mol. The van der Waals surface area contributed by atoms with Crippen LogP contribution in [-0.4, -0.2) is 12.5 Å². The summed E-state index contributed by atoms with van der Waals surface area (Å²) in [4.78, 5) is 11.0. The summed E-state index contributed by atoms with van der Waals surface area (Å²) in [5.74, 6) is -0.338. The van der Waals surface area contributed by atoms with Gasteiger partial charge in [-0.05, 0) is 36.6 Å². The highest BCUT2D eigenvalue weighted by atomic mass is 16.1. The van der Waals surface area contributed by atoms with Crippen LogP contribution in [-0.2, 0) is 5.41 Å². The third-order valence-corrected chi connectivity index (χ3v) is 3.35. The van der Waals surface area contributed by atoms with Gasteiger partial charge < -0.3 is 11.1 Å². The summed E-state index contributed by atoms with van der Waals surface area (Å²) in [6, 6.07) is 5.70. The number of fused-ring (bicyclic) bond motifs is 2. The summed E-state index contributed by atoms with van der Waals surface area (Å²) >= 11 is 0. The Kier molecular flexibility index (Phi) is 1.29. The standard InChI is InChI=1S/C11H12N2O/c12-10(14)7-1-2-9-8(5-7)11(3-4-11)6-13-9/h1-2,5,13H,3-4,6H2,(H2,12,14). The normalized spacial score (nSPS) is 20.3. The lowest BCUT2D eigenvalue weighted by atomic mass is 9.96. The van der Waals surface area contributed by atoms with E-state index in [2.05, 4.69) is 5.32 Å². The zero-order chi connectivity index (χ0) is 9.76. The van der Waals surface area contributed by atoms with E-state index in [4.69, 9.17) is 5.73 Å². The molecule has 0 unspecified atom stereocenters. The Morgan fingerprint density at radius 1 is 1.43 bits per heavy atom. The van der Waals surface area contributed by atoms with Gasteiger partial charge in [0, 0.05) is 23.2 Å². The van der Waals surface area contributed by atoms with E-state index in [1.54, 1.807) is 6.07 Å². The van der Waals surface area contributed by atoms with Gasteiger partial charge in [0.15, 0.2) is 0 Å². The van der Waals surface area contributed by atoms with Crippen molar-refractivity contribution in [3.63, 3.8) is 0 Å². The SMILES string of the molecule is NC(=O)c1ccc2c(c1)C1(CC1)CN2. The Morgan fingerprint density at radius 3 is 2.86 bits per heavy atom. The number of anilines is 1. The minimum Gasteiger partial charge on any atom is -0.384 e. The number of carbonyl (C=O) groups excluding carboxylic acids is 1. The van der Waals surface area contributed by atoms with Crippen LogP contribution in [0.3, 0.4) is 0 Å². The molecule has 1 heterocycles. The van der Waals surface area contributed by atoms with Crippen LogP contribution in [0.2, 0.25) is 0 Å². The molecule has 0 atom stereocenters. The molecule has 0 saturated heterocycles. The third-order valence-electron chi connectivity index (χ3n) is 3.35. The average Bonchev–Trinajstić information content (AvgIpc) is 2.85. The van der Waals surface area contributed by atoms with Gasteiger partial charge in [0.05, 0.1) is 0 Å². The Labute approximate surface area is 82.3 Å². The molecule has 72 valence electrons. The van der Waals surface area contributed by atoms with Crippen molar-refractivity contribution in [3.8, 4) is 0 Å². The Bertz CT molecular complexity index is 421. The number of nitrogens with two attached hydrogens (primary N) is 1. The molecule has 1 amide bonds. The number of rotatable bonds is 1. The summed E-state index contributed by atoms with van der Waals surface area (Å²) < 4.78 is 0. The van der Waals surface area contributed by atoms with Crippen LogP contribution < -0.4 is 11.1 Å². The molecular formula is C11H12N2O. The second-order valence-electron chi connectivity index (χ2n) is 4.26. The molecule has 3 rings (SSSR count). The minimum atomic E-state index is -0.338. The van der Waals surface area contributed by atoms with Gasteiger partial charge in [-0.3, -0.25) is 4.79 Å². The first kappa shape index (κ1) is 7.85. The van der Waals surface area contributed by atoms with Gasteiger partial charge in [0.2, 0.25) is 5.91 Å². The van der Waals surface area contributed by atoms with E-state index in [0.717, 1.165) is 6.54 Å². The number of benzene rings is 1. The van der Waals surface area contributed by atoms with Crippen molar-refractivity contribution in [1.29, 1.82) is 0 Å². The van der Waals surface area contributed by atoms with Gasteiger partial charge >= 0.3 is 0 Å². The second kappa shape index (κ2) is 2.29. The first-order valence-corrected chi connectivity index (χ1v) is 4.90. The molecular weight excluding hydrogens is 176 g/mol. The summed E-state index contributed by atoms with van der Waals surface area (Å²) in [6.07, 6.45) is 2.46. The molecule has 1 aromatic carbocycles. The third kappa shape index (κ3) is 0.895. The number of hydrogen-bond acceptors (Lipinski definition) is 2. The van der Waals surface area contributed by atoms with E-state index >= 15 is 0 Å². The number of primary amides is 1. The van der Waals surface area contributed by atoms with E-state index in [0.29, 0.717) is 11.0 Å². The Morgan fingerprint density at radius 2 is 2.21 bits per heavy atom. The zero-order valence-electron chi connectivity index (χ0n) is 7.84. The van der Waals surface area contributed by atoms with Crippen molar-refractivity contribution in [2.45, 2.75) is 18.3 Å². The van der Waals surface area contributed by atoms with Crippen LogP contribution in [0.25, 0.3) is 0 Å². The minimum absolute atomic E-state index is 0.334. The highest BCUT2D eigenvalue weighted by Crippen LogP contribution is 2.54. The molecule has 1 aliphatic carbocycles. The van der Waals surface area contributed by atoms with Crippen molar-refractivity contribution < 1.29 is 4.79 Å². The van der Waals surface area contributed by atoms with Crippen LogP contribution >= 0.6 is 0 Å². The van der Waals surface area contributed by atoms with Crippen molar-refractivity contribution >= 4 is 11.6 Å². The molecule has 2 aliphatic rings. The van der Waals surface area contributed by atoms with Crippen molar-refractivity contribution in [2.24, 2.45) is 5.73 Å². The highest BCUT2D eigenvalue weighted by molar-refractivity contribution is 5.94. The number of amides is 1. The molecule has 1 spiro atoms. The molecule has 3 heteroatoms. The van der Waals surface area contributed by atoms with E-state index in [9.17, 15) is 4.79 Å². The molecule has 3 N–H and O–H groups in total. The molecule has 1 saturated carbocycles. The van der Waals surface area contributed by atoms with E-state index in [1.807, 2.05) is 12.1 Å². The Hall–Kier alpha value is -1.51. The quantitative estimate of drug-likeness (QED) is 0.696. The van der Waals surface area contributed by atoms with Crippen LogP contribution in [0.4, 0.5) is 5.69 Å². The summed E-state index contributed by atoms with van der Waals surface area (Å²) in [6.45, 7) is 1.02. The fourth-order valence-corrected chi connectivity index (χ4v) is 2.25. The summed E-state index contributed by atoms with van der Waals surface area (Å²) in [5.41, 5.74) is 8.67. The molecule has 3 nitrogen and oxygen atoms in total. The van der Waals surface area contributed by atoms with Crippen molar-refractivity contribution in [3.05, 3.63) is 29.3 Å². The molecule has 1 fully saturated rings. The van der Waals surface area contributed by atoms with Gasteiger partial charge in [0.25, 0.3) is 0 Å². The number of nitrogens with one attached hydrogen (secondary N) is 1. The lowest BCUT2D eigenvalue weighted by Gasteiger charge is -2.06. The number of hydrogen-bond donors (Lipinski definition) is 2. The second-order valence-corrected chi connectivity index (χ2v) is 4.26. The van der Waals surface area contributed by atoms with Crippen LogP contribution in [0.5, 0.6) is 0 Å². The molecule has 0 aromatic heterocycles. The van der Waals surface area contributed by atoms with E-state index in [1.165, 1.54) is 24.1 Å². The number of carbonyl (C=O) groups is 1. The maximum Gasteiger partial charge on any atom is 0.248 e. The first-order chi connectivity index (χ1) is 6.71. The topological polar surface area (TPSA) is 55.1 Å². The molecule has 0 bridgehead atoms.